The molecule has 80 valence electrons. The lowest BCUT2D eigenvalue weighted by molar-refractivity contribution is 0.331. The van der Waals surface area contributed by atoms with Gasteiger partial charge < -0.3 is 5.73 Å². The van der Waals surface area contributed by atoms with Gasteiger partial charge in [0.05, 0.1) is 0 Å². The molecule has 2 bridgehead atoms. The van der Waals surface area contributed by atoms with Crippen LogP contribution in [0.4, 0.5) is 5.82 Å². The Kier molecular flexibility index (Phi) is 2.15. The smallest absolute Gasteiger partial charge is 0.126 e. The molecule has 2 aliphatic rings. The third-order valence-electron chi connectivity index (χ3n) is 4.29. The Morgan fingerprint density at radius 3 is 2.93 bits per heavy atom. The van der Waals surface area contributed by atoms with Crippen molar-refractivity contribution in [2.75, 3.05) is 5.73 Å². The van der Waals surface area contributed by atoms with Gasteiger partial charge in [0.25, 0.3) is 0 Å². The Balaban J connectivity index is 1.73. The van der Waals surface area contributed by atoms with Crippen LogP contribution >= 0.6 is 0 Å². The zero-order chi connectivity index (χ0) is 10.3. The Bertz CT molecular complexity index is 361. The highest BCUT2D eigenvalue weighted by Crippen LogP contribution is 2.49. The minimum Gasteiger partial charge on any atom is -0.383 e. The monoisotopic (exact) mass is 202 g/mol. The first kappa shape index (κ1) is 9.20. The number of rotatable bonds is 2. The van der Waals surface area contributed by atoms with E-state index in [1.807, 2.05) is 6.07 Å². The van der Waals surface area contributed by atoms with Crippen molar-refractivity contribution in [3.8, 4) is 0 Å². The Morgan fingerprint density at radius 2 is 2.27 bits per heavy atom. The molecule has 1 aromatic heterocycles. The van der Waals surface area contributed by atoms with E-state index in [1.54, 1.807) is 6.20 Å². The van der Waals surface area contributed by atoms with Gasteiger partial charge in [-0.2, -0.15) is 0 Å². The van der Waals surface area contributed by atoms with Crippen molar-refractivity contribution >= 4 is 5.82 Å². The molecule has 15 heavy (non-hydrogen) atoms. The van der Waals surface area contributed by atoms with Gasteiger partial charge in [-0.1, -0.05) is 12.5 Å². The second kappa shape index (κ2) is 3.51. The SMILES string of the molecule is Nc1ncccc1CC1CC2CCC1C2. The normalized spacial score (nSPS) is 33.5. The molecule has 0 radical (unpaired) electrons. The van der Waals surface area contributed by atoms with Gasteiger partial charge in [-0.25, -0.2) is 4.98 Å². The number of aromatic nitrogens is 1. The average Bonchev–Trinajstić information content (AvgIpc) is 2.83. The van der Waals surface area contributed by atoms with Crippen LogP contribution < -0.4 is 5.73 Å². The molecule has 3 atom stereocenters. The second-order valence-electron chi connectivity index (χ2n) is 5.19. The van der Waals surface area contributed by atoms with Gasteiger partial charge in [-0.3, -0.25) is 0 Å². The predicted octanol–water partition coefficient (Wildman–Crippen LogP) is 2.64. The van der Waals surface area contributed by atoms with Crippen LogP contribution in [0.1, 0.15) is 31.2 Å². The molecular weight excluding hydrogens is 184 g/mol. The van der Waals surface area contributed by atoms with E-state index in [9.17, 15) is 0 Å². The summed E-state index contributed by atoms with van der Waals surface area (Å²) < 4.78 is 0. The molecule has 0 amide bonds. The van der Waals surface area contributed by atoms with Crippen molar-refractivity contribution in [2.45, 2.75) is 32.1 Å². The van der Waals surface area contributed by atoms with Crippen LogP contribution in [0.15, 0.2) is 18.3 Å². The molecule has 0 saturated heterocycles. The molecule has 1 heterocycles. The first-order valence-corrected chi connectivity index (χ1v) is 6.02. The molecule has 2 saturated carbocycles. The minimum atomic E-state index is 0.736. The first-order valence-electron chi connectivity index (χ1n) is 6.02. The first-order chi connectivity index (χ1) is 7.33. The molecule has 2 nitrogen and oxygen atoms in total. The summed E-state index contributed by atoms with van der Waals surface area (Å²) in [6.45, 7) is 0. The van der Waals surface area contributed by atoms with Gasteiger partial charge in [0.1, 0.15) is 5.82 Å². The van der Waals surface area contributed by atoms with Crippen molar-refractivity contribution in [3.63, 3.8) is 0 Å². The summed E-state index contributed by atoms with van der Waals surface area (Å²) >= 11 is 0. The summed E-state index contributed by atoms with van der Waals surface area (Å²) in [5, 5.41) is 0. The number of nitrogen functional groups attached to an aromatic ring is 1. The quantitative estimate of drug-likeness (QED) is 0.800. The van der Waals surface area contributed by atoms with Crippen molar-refractivity contribution in [1.29, 1.82) is 0 Å². The van der Waals surface area contributed by atoms with Crippen molar-refractivity contribution < 1.29 is 0 Å². The third-order valence-corrected chi connectivity index (χ3v) is 4.29. The highest BCUT2D eigenvalue weighted by atomic mass is 14.8. The fraction of sp³-hybridized carbons (Fsp3) is 0.615. The number of nitrogens with zero attached hydrogens (tertiary/aromatic N) is 1. The molecule has 2 aliphatic carbocycles. The second-order valence-corrected chi connectivity index (χ2v) is 5.19. The fourth-order valence-electron chi connectivity index (χ4n) is 3.53. The van der Waals surface area contributed by atoms with Crippen LogP contribution in [-0.4, -0.2) is 4.98 Å². The number of hydrogen-bond acceptors (Lipinski definition) is 2. The van der Waals surface area contributed by atoms with Crippen LogP contribution in [0.5, 0.6) is 0 Å². The Morgan fingerprint density at radius 1 is 1.33 bits per heavy atom. The van der Waals surface area contributed by atoms with Gasteiger partial charge in [0.2, 0.25) is 0 Å². The fourth-order valence-corrected chi connectivity index (χ4v) is 3.53. The van der Waals surface area contributed by atoms with Crippen LogP contribution in [0.2, 0.25) is 0 Å². The summed E-state index contributed by atoms with van der Waals surface area (Å²) in [6, 6.07) is 4.13. The molecule has 3 unspecified atom stereocenters. The van der Waals surface area contributed by atoms with Gasteiger partial charge in [0.15, 0.2) is 0 Å². The Labute approximate surface area is 90.9 Å². The molecular formula is C13H18N2. The van der Waals surface area contributed by atoms with Crippen molar-refractivity contribution in [2.24, 2.45) is 17.8 Å². The summed E-state index contributed by atoms with van der Waals surface area (Å²) in [5.41, 5.74) is 7.14. The number of nitrogens with two attached hydrogens (primary N) is 1. The van der Waals surface area contributed by atoms with Gasteiger partial charge in [0, 0.05) is 6.20 Å². The largest absolute Gasteiger partial charge is 0.383 e. The highest BCUT2D eigenvalue weighted by Gasteiger charge is 2.39. The molecule has 1 aromatic rings. The van der Waals surface area contributed by atoms with E-state index in [2.05, 4.69) is 11.1 Å². The number of hydrogen-bond donors (Lipinski definition) is 1. The van der Waals surface area contributed by atoms with E-state index in [0.717, 1.165) is 30.0 Å². The highest BCUT2D eigenvalue weighted by molar-refractivity contribution is 5.38. The van der Waals surface area contributed by atoms with Gasteiger partial charge in [-0.15, -0.1) is 0 Å². The molecule has 2 fully saturated rings. The zero-order valence-corrected chi connectivity index (χ0v) is 9.02. The van der Waals surface area contributed by atoms with Crippen molar-refractivity contribution in [1.82, 2.24) is 4.98 Å². The molecule has 0 spiro atoms. The van der Waals surface area contributed by atoms with Gasteiger partial charge in [-0.05, 0) is 55.1 Å². The topological polar surface area (TPSA) is 38.9 Å². The minimum absolute atomic E-state index is 0.736. The molecule has 3 rings (SSSR count). The summed E-state index contributed by atoms with van der Waals surface area (Å²) in [5.74, 6) is 3.63. The lowest BCUT2D eigenvalue weighted by Crippen LogP contribution is -2.14. The summed E-state index contributed by atoms with van der Waals surface area (Å²) in [6.07, 6.45) is 8.77. The maximum atomic E-state index is 5.89. The van der Waals surface area contributed by atoms with Crippen LogP contribution in [0.25, 0.3) is 0 Å². The molecule has 0 aliphatic heterocycles. The van der Waals surface area contributed by atoms with Crippen LogP contribution in [0, 0.1) is 17.8 Å². The maximum absolute atomic E-state index is 5.89. The summed E-state index contributed by atoms with van der Waals surface area (Å²) in [7, 11) is 0. The van der Waals surface area contributed by atoms with Crippen LogP contribution in [0.3, 0.4) is 0 Å². The van der Waals surface area contributed by atoms with E-state index >= 15 is 0 Å². The molecule has 0 aromatic carbocycles. The maximum Gasteiger partial charge on any atom is 0.126 e. The van der Waals surface area contributed by atoms with Crippen LogP contribution in [-0.2, 0) is 6.42 Å². The molecule has 2 heteroatoms. The van der Waals surface area contributed by atoms with Crippen molar-refractivity contribution in [3.05, 3.63) is 23.9 Å². The van der Waals surface area contributed by atoms with E-state index in [1.165, 1.54) is 31.2 Å². The number of pyridine rings is 1. The number of fused-ring (bicyclic) bond motifs is 2. The Hall–Kier alpha value is -1.05. The standard InChI is InChI=1S/C13H18N2/c14-13-11(2-1-5-15-13)8-12-7-9-3-4-10(12)6-9/h1-2,5,9-10,12H,3-4,6-8H2,(H2,14,15). The summed E-state index contributed by atoms with van der Waals surface area (Å²) in [4.78, 5) is 4.16. The molecule has 2 N–H and O–H groups in total. The average molecular weight is 202 g/mol. The predicted molar refractivity (Wildman–Crippen MR) is 61.3 cm³/mol. The lowest BCUT2D eigenvalue weighted by atomic mass is 9.84. The van der Waals surface area contributed by atoms with E-state index < -0.39 is 0 Å². The van der Waals surface area contributed by atoms with E-state index in [4.69, 9.17) is 5.73 Å². The number of anilines is 1. The van der Waals surface area contributed by atoms with Gasteiger partial charge >= 0.3 is 0 Å². The van der Waals surface area contributed by atoms with E-state index in [0.29, 0.717) is 0 Å². The van der Waals surface area contributed by atoms with E-state index in [-0.39, 0.29) is 0 Å². The lowest BCUT2D eigenvalue weighted by Gasteiger charge is -2.21. The third kappa shape index (κ3) is 1.62. The zero-order valence-electron chi connectivity index (χ0n) is 9.02.